The number of benzene rings is 2. The van der Waals surface area contributed by atoms with Crippen molar-refractivity contribution in [1.82, 2.24) is 9.88 Å². The second-order valence-corrected chi connectivity index (χ2v) is 10.4. The minimum absolute atomic E-state index is 0.189. The Hall–Kier alpha value is -3.39. The number of anilines is 2. The average Bonchev–Trinajstić information content (AvgIpc) is 3.69. The van der Waals surface area contributed by atoms with Gasteiger partial charge in [-0.25, -0.2) is 9.78 Å². The van der Waals surface area contributed by atoms with E-state index >= 15 is 0 Å². The summed E-state index contributed by atoms with van der Waals surface area (Å²) in [4.78, 5) is 31.8. The van der Waals surface area contributed by atoms with Gasteiger partial charge in [0.15, 0.2) is 5.13 Å². The van der Waals surface area contributed by atoms with Crippen LogP contribution in [-0.2, 0) is 16.1 Å². The van der Waals surface area contributed by atoms with Gasteiger partial charge in [0.25, 0.3) is 0 Å². The van der Waals surface area contributed by atoms with E-state index in [-0.39, 0.29) is 12.5 Å². The van der Waals surface area contributed by atoms with Crippen molar-refractivity contribution in [3.8, 4) is 11.3 Å². The number of hydrogen-bond acceptors (Lipinski definition) is 6. The molecule has 3 aromatic rings. The summed E-state index contributed by atoms with van der Waals surface area (Å²) in [7, 11) is 0. The van der Waals surface area contributed by atoms with Gasteiger partial charge in [0.05, 0.1) is 5.69 Å². The second-order valence-electron chi connectivity index (χ2n) is 9.53. The molecule has 2 fully saturated rings. The van der Waals surface area contributed by atoms with Gasteiger partial charge in [-0.3, -0.25) is 9.69 Å². The number of nitrogens with one attached hydrogen (secondary N) is 2. The Morgan fingerprint density at radius 3 is 2.69 bits per heavy atom. The number of ether oxygens (including phenoxy) is 1. The molecule has 2 amide bonds. The van der Waals surface area contributed by atoms with Crippen molar-refractivity contribution >= 4 is 34.2 Å². The van der Waals surface area contributed by atoms with Crippen molar-refractivity contribution in [2.75, 3.05) is 23.7 Å². The third kappa shape index (κ3) is 6.05. The average molecular weight is 505 g/mol. The fourth-order valence-corrected chi connectivity index (χ4v) is 5.70. The number of carbonyl (C=O) groups is 2. The van der Waals surface area contributed by atoms with Gasteiger partial charge in [0.1, 0.15) is 12.6 Å². The highest BCUT2D eigenvalue weighted by molar-refractivity contribution is 7.14. The van der Waals surface area contributed by atoms with Gasteiger partial charge < -0.3 is 15.4 Å². The standard InChI is InChI=1S/C28H32N4O3S/c33-26(25-14-7-15-32(25)28(34)35-18-21-10-2-1-3-11-21)31-27-30-24(19-36-27)22-12-6-13-23(16-22)29-17-20-8-4-5-9-20/h1-3,6,10-13,16,19-20,25,29H,4-5,7-9,14-15,17-18H2,(H,30,31,33). The summed E-state index contributed by atoms with van der Waals surface area (Å²) < 4.78 is 5.46. The zero-order valence-corrected chi connectivity index (χ0v) is 21.1. The van der Waals surface area contributed by atoms with Gasteiger partial charge in [-0.05, 0) is 49.3 Å². The van der Waals surface area contributed by atoms with Crippen LogP contribution in [0.2, 0.25) is 0 Å². The topological polar surface area (TPSA) is 83.6 Å². The normalized spacial score (nSPS) is 17.8. The number of amides is 2. The molecule has 5 rings (SSSR count). The Morgan fingerprint density at radius 2 is 1.86 bits per heavy atom. The Bertz CT molecular complexity index is 1180. The number of aromatic nitrogens is 1. The molecule has 1 saturated carbocycles. The molecule has 2 aliphatic rings. The number of nitrogens with zero attached hydrogens (tertiary/aromatic N) is 2. The highest BCUT2D eigenvalue weighted by atomic mass is 32.1. The smallest absolute Gasteiger partial charge is 0.410 e. The molecular weight excluding hydrogens is 472 g/mol. The lowest BCUT2D eigenvalue weighted by molar-refractivity contribution is -0.120. The largest absolute Gasteiger partial charge is 0.445 e. The SMILES string of the molecule is O=C(Nc1nc(-c2cccc(NCC3CCCC3)c2)cs1)C1CCCN1C(=O)OCc1ccccc1. The molecule has 188 valence electrons. The number of likely N-dealkylation sites (tertiary alicyclic amines) is 1. The molecule has 2 N–H and O–H groups in total. The summed E-state index contributed by atoms with van der Waals surface area (Å²) in [5.74, 6) is 0.539. The molecule has 0 radical (unpaired) electrons. The van der Waals surface area contributed by atoms with E-state index in [0.29, 0.717) is 18.1 Å². The minimum atomic E-state index is -0.552. The molecule has 1 unspecified atom stereocenters. The minimum Gasteiger partial charge on any atom is -0.445 e. The summed E-state index contributed by atoms with van der Waals surface area (Å²) in [5, 5.41) is 8.96. The van der Waals surface area contributed by atoms with Crippen LogP contribution in [0.4, 0.5) is 15.6 Å². The molecule has 1 aromatic heterocycles. The highest BCUT2D eigenvalue weighted by Gasteiger charge is 2.35. The Labute approximate surface area is 215 Å². The van der Waals surface area contributed by atoms with Crippen LogP contribution >= 0.6 is 11.3 Å². The molecule has 1 aliphatic carbocycles. The van der Waals surface area contributed by atoms with Crippen LogP contribution in [0.3, 0.4) is 0 Å². The maximum absolute atomic E-state index is 13.0. The number of rotatable bonds is 8. The van der Waals surface area contributed by atoms with Gasteiger partial charge in [-0.2, -0.15) is 0 Å². The number of hydrogen-bond donors (Lipinski definition) is 2. The maximum Gasteiger partial charge on any atom is 0.410 e. The monoisotopic (exact) mass is 504 g/mol. The lowest BCUT2D eigenvalue weighted by Gasteiger charge is -2.22. The predicted molar refractivity (Wildman–Crippen MR) is 143 cm³/mol. The molecular formula is C28H32N4O3S. The first kappa shape index (κ1) is 24.3. The van der Waals surface area contributed by atoms with Gasteiger partial charge >= 0.3 is 6.09 Å². The molecule has 8 heteroatoms. The van der Waals surface area contributed by atoms with E-state index in [1.807, 2.05) is 47.8 Å². The number of thiazole rings is 1. The molecule has 2 aromatic carbocycles. The van der Waals surface area contributed by atoms with Crippen molar-refractivity contribution in [3.05, 3.63) is 65.5 Å². The Kier molecular flexibility index (Phi) is 7.81. The van der Waals surface area contributed by atoms with E-state index in [4.69, 9.17) is 4.74 Å². The van der Waals surface area contributed by atoms with Crippen LogP contribution in [-0.4, -0.2) is 41.0 Å². The van der Waals surface area contributed by atoms with E-state index in [1.165, 1.54) is 41.9 Å². The first-order valence-electron chi connectivity index (χ1n) is 12.7. The molecule has 2 heterocycles. The highest BCUT2D eigenvalue weighted by Crippen LogP contribution is 2.29. The van der Waals surface area contributed by atoms with Gasteiger partial charge in [-0.1, -0.05) is 55.3 Å². The summed E-state index contributed by atoms with van der Waals surface area (Å²) >= 11 is 1.39. The zero-order chi connectivity index (χ0) is 24.7. The molecule has 1 saturated heterocycles. The first-order valence-corrected chi connectivity index (χ1v) is 13.6. The van der Waals surface area contributed by atoms with E-state index in [1.54, 1.807) is 0 Å². The van der Waals surface area contributed by atoms with Crippen LogP contribution in [0, 0.1) is 5.92 Å². The molecule has 36 heavy (non-hydrogen) atoms. The summed E-state index contributed by atoms with van der Waals surface area (Å²) in [6.07, 6.45) is 6.22. The van der Waals surface area contributed by atoms with Crippen LogP contribution < -0.4 is 10.6 Å². The van der Waals surface area contributed by atoms with Gasteiger partial charge in [0.2, 0.25) is 5.91 Å². The fraction of sp³-hybridized carbons (Fsp3) is 0.393. The number of carbonyl (C=O) groups excluding carboxylic acids is 2. The first-order chi connectivity index (χ1) is 17.7. The zero-order valence-electron chi connectivity index (χ0n) is 20.3. The lowest BCUT2D eigenvalue weighted by Crippen LogP contribution is -2.43. The molecule has 0 bridgehead atoms. The fourth-order valence-electron chi connectivity index (χ4n) is 4.98. The predicted octanol–water partition coefficient (Wildman–Crippen LogP) is 6.15. The van der Waals surface area contributed by atoms with Gasteiger partial charge in [0, 0.05) is 29.7 Å². The van der Waals surface area contributed by atoms with E-state index in [2.05, 4.69) is 27.8 Å². The van der Waals surface area contributed by atoms with Crippen molar-refractivity contribution in [3.63, 3.8) is 0 Å². The van der Waals surface area contributed by atoms with E-state index in [0.717, 1.165) is 41.4 Å². The van der Waals surface area contributed by atoms with Crippen molar-refractivity contribution in [2.45, 2.75) is 51.2 Å². The molecule has 1 aliphatic heterocycles. The Balaban J connectivity index is 1.17. The molecule has 1 atom stereocenters. The van der Waals surface area contributed by atoms with Crippen molar-refractivity contribution in [2.24, 2.45) is 5.92 Å². The summed E-state index contributed by atoms with van der Waals surface area (Å²) in [6.45, 7) is 1.71. The third-order valence-corrected chi connectivity index (χ3v) is 7.72. The van der Waals surface area contributed by atoms with E-state index in [9.17, 15) is 9.59 Å². The van der Waals surface area contributed by atoms with Crippen LogP contribution in [0.25, 0.3) is 11.3 Å². The molecule has 0 spiro atoms. The molecule has 7 nitrogen and oxygen atoms in total. The third-order valence-electron chi connectivity index (χ3n) is 6.96. The van der Waals surface area contributed by atoms with Gasteiger partial charge in [-0.15, -0.1) is 11.3 Å². The van der Waals surface area contributed by atoms with E-state index < -0.39 is 12.1 Å². The van der Waals surface area contributed by atoms with Crippen LogP contribution in [0.15, 0.2) is 60.0 Å². The lowest BCUT2D eigenvalue weighted by atomic mass is 10.1. The Morgan fingerprint density at radius 1 is 1.03 bits per heavy atom. The summed E-state index contributed by atoms with van der Waals surface area (Å²) in [5.41, 5.74) is 3.84. The quantitative estimate of drug-likeness (QED) is 0.384. The van der Waals surface area contributed by atoms with Crippen molar-refractivity contribution in [1.29, 1.82) is 0 Å². The van der Waals surface area contributed by atoms with Crippen molar-refractivity contribution < 1.29 is 14.3 Å². The second kappa shape index (κ2) is 11.6. The summed E-state index contributed by atoms with van der Waals surface area (Å²) in [6, 6.07) is 17.2. The van der Waals surface area contributed by atoms with Crippen LogP contribution in [0.1, 0.15) is 44.1 Å². The maximum atomic E-state index is 13.0. The van der Waals surface area contributed by atoms with Crippen LogP contribution in [0.5, 0.6) is 0 Å².